The summed E-state index contributed by atoms with van der Waals surface area (Å²) in [6, 6.07) is 3.83. The Morgan fingerprint density at radius 2 is 2.21 bits per heavy atom. The van der Waals surface area contributed by atoms with E-state index in [9.17, 15) is 4.79 Å². The van der Waals surface area contributed by atoms with Crippen molar-refractivity contribution in [3.8, 4) is 5.75 Å². The Morgan fingerprint density at radius 3 is 2.71 bits per heavy atom. The molecule has 1 rings (SSSR count). The van der Waals surface area contributed by atoms with Gasteiger partial charge < -0.3 is 4.74 Å². The number of hydrogen-bond donors (Lipinski definition) is 0. The second-order valence-electron chi connectivity index (χ2n) is 3.05. The van der Waals surface area contributed by atoms with Gasteiger partial charge in [0.25, 0.3) is 0 Å². The molecule has 3 heteroatoms. The average Bonchev–Trinajstić information content (AvgIpc) is 2.19. The van der Waals surface area contributed by atoms with Crippen LogP contribution in [0.1, 0.15) is 29.3 Å². The van der Waals surface area contributed by atoms with Crippen LogP contribution in [0.25, 0.3) is 0 Å². The molecule has 1 aromatic rings. The van der Waals surface area contributed by atoms with Crippen LogP contribution >= 0.6 is 22.6 Å². The number of aldehydes is 1. The van der Waals surface area contributed by atoms with Gasteiger partial charge in [0.1, 0.15) is 12.0 Å². The third-order valence-electron chi connectivity index (χ3n) is 2.06. The third-order valence-corrected chi connectivity index (χ3v) is 2.90. The van der Waals surface area contributed by atoms with Crippen molar-refractivity contribution < 1.29 is 9.53 Å². The standard InChI is InChI=1S/C11H13IO2/c1-3-4-8-5-10(12)11(14-2)6-9(8)7-13/h5-7H,3-4H2,1-2H3. The molecule has 0 aliphatic rings. The van der Waals surface area contributed by atoms with Crippen molar-refractivity contribution in [2.75, 3.05) is 7.11 Å². The Kier molecular flexibility index (Phi) is 4.38. The van der Waals surface area contributed by atoms with Crippen LogP contribution in [0.2, 0.25) is 0 Å². The fourth-order valence-corrected chi connectivity index (χ4v) is 2.11. The van der Waals surface area contributed by atoms with Crippen LogP contribution in [-0.4, -0.2) is 13.4 Å². The fraction of sp³-hybridized carbons (Fsp3) is 0.364. The van der Waals surface area contributed by atoms with Crippen LogP contribution < -0.4 is 4.74 Å². The fourth-order valence-electron chi connectivity index (χ4n) is 1.36. The molecule has 1 aromatic carbocycles. The van der Waals surface area contributed by atoms with Crippen molar-refractivity contribution in [3.05, 3.63) is 26.8 Å². The van der Waals surface area contributed by atoms with Crippen LogP contribution in [0.4, 0.5) is 0 Å². The number of benzene rings is 1. The molecule has 0 atom stereocenters. The van der Waals surface area contributed by atoms with Gasteiger partial charge in [-0.2, -0.15) is 0 Å². The van der Waals surface area contributed by atoms with Gasteiger partial charge in [-0.3, -0.25) is 4.79 Å². The first-order valence-electron chi connectivity index (χ1n) is 4.54. The molecule has 0 aliphatic heterocycles. The Hall–Kier alpha value is -0.580. The van der Waals surface area contributed by atoms with Crippen LogP contribution in [0.3, 0.4) is 0 Å². The number of carbonyl (C=O) groups is 1. The highest BCUT2D eigenvalue weighted by Gasteiger charge is 2.07. The summed E-state index contributed by atoms with van der Waals surface area (Å²) in [5.41, 5.74) is 1.84. The quantitative estimate of drug-likeness (QED) is 0.631. The minimum atomic E-state index is 0.740. The second-order valence-corrected chi connectivity index (χ2v) is 4.22. The van der Waals surface area contributed by atoms with Gasteiger partial charge in [0.15, 0.2) is 0 Å². The highest BCUT2D eigenvalue weighted by molar-refractivity contribution is 14.1. The predicted octanol–water partition coefficient (Wildman–Crippen LogP) is 3.06. The number of halogens is 1. The summed E-state index contributed by atoms with van der Waals surface area (Å²) in [7, 11) is 1.62. The SMILES string of the molecule is CCCc1cc(I)c(OC)cc1C=O. The van der Waals surface area contributed by atoms with E-state index in [1.165, 1.54) is 0 Å². The lowest BCUT2D eigenvalue weighted by atomic mass is 10.0. The van der Waals surface area contributed by atoms with Gasteiger partial charge in [-0.15, -0.1) is 0 Å². The topological polar surface area (TPSA) is 26.3 Å². The second kappa shape index (κ2) is 5.34. The van der Waals surface area contributed by atoms with E-state index in [-0.39, 0.29) is 0 Å². The van der Waals surface area contributed by atoms with Gasteiger partial charge in [0.2, 0.25) is 0 Å². The number of methoxy groups -OCH3 is 1. The van der Waals surface area contributed by atoms with Gasteiger partial charge >= 0.3 is 0 Å². The van der Waals surface area contributed by atoms with Crippen LogP contribution in [-0.2, 0) is 6.42 Å². The molecule has 2 nitrogen and oxygen atoms in total. The van der Waals surface area contributed by atoms with Crippen molar-refractivity contribution in [1.82, 2.24) is 0 Å². The molecule has 0 saturated heterocycles. The number of rotatable bonds is 4. The molecule has 76 valence electrons. The zero-order valence-corrected chi connectivity index (χ0v) is 10.5. The van der Waals surface area contributed by atoms with Crippen LogP contribution in [0.5, 0.6) is 5.75 Å². The van der Waals surface area contributed by atoms with Gasteiger partial charge in [-0.25, -0.2) is 0 Å². The Bertz CT molecular complexity index is 334. The summed E-state index contributed by atoms with van der Waals surface area (Å²) in [5.74, 6) is 0.771. The number of carbonyl (C=O) groups excluding carboxylic acids is 1. The molecule has 0 heterocycles. The van der Waals surface area contributed by atoms with E-state index in [4.69, 9.17) is 4.74 Å². The summed E-state index contributed by atoms with van der Waals surface area (Å²) in [5, 5.41) is 0. The maximum absolute atomic E-state index is 10.8. The van der Waals surface area contributed by atoms with Crippen LogP contribution in [0.15, 0.2) is 12.1 Å². The average molecular weight is 304 g/mol. The molecule has 0 saturated carbocycles. The third kappa shape index (κ3) is 2.47. The molecule has 0 unspecified atom stereocenters. The van der Waals surface area contributed by atoms with E-state index in [0.29, 0.717) is 0 Å². The molecular weight excluding hydrogens is 291 g/mol. The molecular formula is C11H13IO2. The minimum Gasteiger partial charge on any atom is -0.496 e. The zero-order valence-electron chi connectivity index (χ0n) is 8.34. The van der Waals surface area contributed by atoms with E-state index in [2.05, 4.69) is 29.5 Å². The number of ether oxygens (including phenoxy) is 1. The lowest BCUT2D eigenvalue weighted by Crippen LogP contribution is -1.96. The molecule has 0 bridgehead atoms. The van der Waals surface area contributed by atoms with Gasteiger partial charge in [0.05, 0.1) is 10.7 Å². The highest BCUT2D eigenvalue weighted by Crippen LogP contribution is 2.25. The first kappa shape index (κ1) is 11.5. The van der Waals surface area contributed by atoms with Gasteiger partial charge in [-0.1, -0.05) is 13.3 Å². The van der Waals surface area contributed by atoms with Crippen molar-refractivity contribution in [2.24, 2.45) is 0 Å². The van der Waals surface area contributed by atoms with E-state index < -0.39 is 0 Å². The van der Waals surface area contributed by atoms with E-state index >= 15 is 0 Å². The van der Waals surface area contributed by atoms with Gasteiger partial charge in [-0.05, 0) is 46.7 Å². The van der Waals surface area contributed by atoms with E-state index in [1.807, 2.05) is 6.07 Å². The Labute approximate surface area is 97.8 Å². The monoisotopic (exact) mass is 304 g/mol. The van der Waals surface area contributed by atoms with Crippen molar-refractivity contribution in [1.29, 1.82) is 0 Å². The lowest BCUT2D eigenvalue weighted by molar-refractivity contribution is 0.112. The number of aryl methyl sites for hydroxylation is 1. The predicted molar refractivity (Wildman–Crippen MR) is 65.1 cm³/mol. The first-order chi connectivity index (χ1) is 6.72. The largest absolute Gasteiger partial charge is 0.496 e. The minimum absolute atomic E-state index is 0.740. The summed E-state index contributed by atoms with van der Waals surface area (Å²) in [6.07, 6.45) is 2.88. The Balaban J connectivity index is 3.16. The van der Waals surface area contributed by atoms with E-state index in [1.54, 1.807) is 13.2 Å². The van der Waals surface area contributed by atoms with Crippen molar-refractivity contribution in [2.45, 2.75) is 19.8 Å². The molecule has 0 aliphatic carbocycles. The smallest absolute Gasteiger partial charge is 0.150 e. The van der Waals surface area contributed by atoms with Crippen molar-refractivity contribution in [3.63, 3.8) is 0 Å². The van der Waals surface area contributed by atoms with Crippen molar-refractivity contribution >= 4 is 28.9 Å². The summed E-state index contributed by atoms with van der Waals surface area (Å²) < 4.78 is 6.21. The maximum Gasteiger partial charge on any atom is 0.150 e. The first-order valence-corrected chi connectivity index (χ1v) is 5.62. The van der Waals surface area contributed by atoms with E-state index in [0.717, 1.165) is 39.6 Å². The summed E-state index contributed by atoms with van der Waals surface area (Å²) in [6.45, 7) is 2.10. The maximum atomic E-state index is 10.8. The molecule has 14 heavy (non-hydrogen) atoms. The highest BCUT2D eigenvalue weighted by atomic mass is 127. The number of hydrogen-bond acceptors (Lipinski definition) is 2. The lowest BCUT2D eigenvalue weighted by Gasteiger charge is -2.08. The summed E-state index contributed by atoms with van der Waals surface area (Å²) >= 11 is 2.22. The van der Waals surface area contributed by atoms with Crippen LogP contribution in [0, 0.1) is 3.57 Å². The van der Waals surface area contributed by atoms with Gasteiger partial charge in [0, 0.05) is 5.56 Å². The molecule has 0 spiro atoms. The molecule has 0 radical (unpaired) electrons. The molecule has 0 fully saturated rings. The summed E-state index contributed by atoms with van der Waals surface area (Å²) in [4.78, 5) is 10.8. The Morgan fingerprint density at radius 1 is 1.50 bits per heavy atom. The normalized spacial score (nSPS) is 9.93. The zero-order chi connectivity index (χ0) is 10.6. The molecule has 0 aromatic heterocycles. The molecule has 0 N–H and O–H groups in total. The molecule has 0 amide bonds.